The standard InChI is InChI=1S/C13H21ClN2O4S2/c1-3-4-11-22(19,20)15-9-10-16(21(2,17)18)13-8-6-5-7-12(13)14/h5-8,15H,3-4,9-11H2,1-2H3. The maximum Gasteiger partial charge on any atom is 0.232 e. The van der Waals surface area contributed by atoms with Gasteiger partial charge in [-0.25, -0.2) is 21.6 Å². The van der Waals surface area contributed by atoms with Crippen LogP contribution in [0.5, 0.6) is 0 Å². The van der Waals surface area contributed by atoms with Crippen LogP contribution in [0.15, 0.2) is 24.3 Å². The number of nitrogens with zero attached hydrogens (tertiary/aromatic N) is 1. The summed E-state index contributed by atoms with van der Waals surface area (Å²) in [5.74, 6) is 0.0362. The van der Waals surface area contributed by atoms with E-state index in [-0.39, 0.29) is 18.8 Å². The Labute approximate surface area is 137 Å². The van der Waals surface area contributed by atoms with Gasteiger partial charge in [0, 0.05) is 13.1 Å². The Bertz CT molecular complexity index is 690. The molecule has 0 aliphatic carbocycles. The van der Waals surface area contributed by atoms with E-state index in [0.717, 1.165) is 17.0 Å². The van der Waals surface area contributed by atoms with Crippen molar-refractivity contribution in [2.75, 3.05) is 29.4 Å². The summed E-state index contributed by atoms with van der Waals surface area (Å²) in [6.45, 7) is 1.87. The van der Waals surface area contributed by atoms with Crippen molar-refractivity contribution in [3.63, 3.8) is 0 Å². The summed E-state index contributed by atoms with van der Waals surface area (Å²) >= 11 is 6.02. The van der Waals surface area contributed by atoms with Crippen molar-refractivity contribution in [3.8, 4) is 0 Å². The summed E-state index contributed by atoms with van der Waals surface area (Å²) in [6, 6.07) is 6.53. The average Bonchev–Trinajstić information content (AvgIpc) is 2.41. The van der Waals surface area contributed by atoms with Gasteiger partial charge in [-0.1, -0.05) is 37.1 Å². The molecule has 0 unspecified atom stereocenters. The van der Waals surface area contributed by atoms with Crippen LogP contribution in [0.2, 0.25) is 5.02 Å². The second kappa shape index (κ2) is 8.14. The number of halogens is 1. The molecule has 22 heavy (non-hydrogen) atoms. The molecule has 9 heteroatoms. The van der Waals surface area contributed by atoms with Gasteiger partial charge in [0.2, 0.25) is 20.0 Å². The number of rotatable bonds is 9. The molecule has 1 aromatic carbocycles. The lowest BCUT2D eigenvalue weighted by Gasteiger charge is -2.23. The van der Waals surface area contributed by atoms with Crippen LogP contribution in [-0.2, 0) is 20.0 Å². The van der Waals surface area contributed by atoms with Crippen LogP contribution < -0.4 is 9.03 Å². The van der Waals surface area contributed by atoms with Crippen molar-refractivity contribution in [3.05, 3.63) is 29.3 Å². The maximum absolute atomic E-state index is 11.9. The molecule has 0 fully saturated rings. The highest BCUT2D eigenvalue weighted by Crippen LogP contribution is 2.26. The van der Waals surface area contributed by atoms with Gasteiger partial charge in [-0.2, -0.15) is 0 Å². The molecule has 0 aromatic heterocycles. The molecular formula is C13H21ClN2O4S2. The van der Waals surface area contributed by atoms with E-state index in [1.54, 1.807) is 24.3 Å². The SMILES string of the molecule is CCCCS(=O)(=O)NCCN(c1ccccc1Cl)S(C)(=O)=O. The molecule has 0 heterocycles. The minimum absolute atomic E-state index is 0.00958. The summed E-state index contributed by atoms with van der Waals surface area (Å²) in [5.41, 5.74) is 0.333. The summed E-state index contributed by atoms with van der Waals surface area (Å²) in [6.07, 6.45) is 2.40. The summed E-state index contributed by atoms with van der Waals surface area (Å²) in [7, 11) is -6.94. The van der Waals surface area contributed by atoms with E-state index in [0.29, 0.717) is 17.1 Å². The first-order valence-corrected chi connectivity index (χ1v) is 10.7. The number of para-hydroxylation sites is 1. The highest BCUT2D eigenvalue weighted by atomic mass is 35.5. The number of anilines is 1. The second-order valence-electron chi connectivity index (χ2n) is 4.85. The lowest BCUT2D eigenvalue weighted by molar-refractivity contribution is 0.575. The fraction of sp³-hybridized carbons (Fsp3) is 0.538. The zero-order valence-corrected chi connectivity index (χ0v) is 15.0. The maximum atomic E-state index is 11.9. The quantitative estimate of drug-likeness (QED) is 0.720. The van der Waals surface area contributed by atoms with Crippen molar-refractivity contribution in [2.24, 2.45) is 0 Å². The Morgan fingerprint density at radius 3 is 2.36 bits per heavy atom. The topological polar surface area (TPSA) is 83.6 Å². The van der Waals surface area contributed by atoms with Gasteiger partial charge in [0.25, 0.3) is 0 Å². The van der Waals surface area contributed by atoms with Crippen LogP contribution >= 0.6 is 11.6 Å². The van der Waals surface area contributed by atoms with E-state index in [4.69, 9.17) is 11.6 Å². The van der Waals surface area contributed by atoms with Gasteiger partial charge in [0.05, 0.1) is 22.7 Å². The first kappa shape index (κ1) is 19.2. The molecule has 6 nitrogen and oxygen atoms in total. The minimum Gasteiger partial charge on any atom is -0.268 e. The lowest BCUT2D eigenvalue weighted by atomic mass is 10.3. The van der Waals surface area contributed by atoms with Gasteiger partial charge in [-0.15, -0.1) is 0 Å². The third-order valence-electron chi connectivity index (χ3n) is 2.92. The molecule has 0 radical (unpaired) electrons. The van der Waals surface area contributed by atoms with Gasteiger partial charge >= 0.3 is 0 Å². The van der Waals surface area contributed by atoms with E-state index in [2.05, 4.69) is 4.72 Å². The van der Waals surface area contributed by atoms with Crippen LogP contribution in [0, 0.1) is 0 Å². The number of hydrogen-bond donors (Lipinski definition) is 1. The number of hydrogen-bond acceptors (Lipinski definition) is 4. The minimum atomic E-state index is -3.56. The van der Waals surface area contributed by atoms with Crippen LogP contribution in [0.25, 0.3) is 0 Å². The van der Waals surface area contributed by atoms with E-state index < -0.39 is 20.0 Å². The normalized spacial score (nSPS) is 12.3. The molecule has 126 valence electrons. The van der Waals surface area contributed by atoms with Gasteiger partial charge < -0.3 is 0 Å². The molecular weight excluding hydrogens is 348 g/mol. The zero-order valence-electron chi connectivity index (χ0n) is 12.6. The Morgan fingerprint density at radius 2 is 1.82 bits per heavy atom. The Morgan fingerprint density at radius 1 is 1.18 bits per heavy atom. The zero-order chi connectivity index (χ0) is 16.8. The number of nitrogens with one attached hydrogen (secondary N) is 1. The number of benzene rings is 1. The van der Waals surface area contributed by atoms with Gasteiger partial charge in [0.15, 0.2) is 0 Å². The molecule has 0 spiro atoms. The van der Waals surface area contributed by atoms with E-state index in [1.165, 1.54) is 0 Å². The van der Waals surface area contributed by atoms with Crippen molar-refractivity contribution in [1.82, 2.24) is 4.72 Å². The van der Waals surface area contributed by atoms with Crippen molar-refractivity contribution in [2.45, 2.75) is 19.8 Å². The highest BCUT2D eigenvalue weighted by molar-refractivity contribution is 7.92. The fourth-order valence-electron chi connectivity index (χ4n) is 1.83. The Balaban J connectivity index is 2.80. The molecule has 0 bridgehead atoms. The molecule has 0 saturated carbocycles. The van der Waals surface area contributed by atoms with Crippen LogP contribution in [0.1, 0.15) is 19.8 Å². The third-order valence-corrected chi connectivity index (χ3v) is 5.89. The second-order valence-corrected chi connectivity index (χ2v) is 9.09. The summed E-state index contributed by atoms with van der Waals surface area (Å²) in [4.78, 5) is 0. The van der Waals surface area contributed by atoms with Crippen LogP contribution in [0.3, 0.4) is 0 Å². The molecule has 0 aliphatic rings. The van der Waals surface area contributed by atoms with E-state index in [1.807, 2.05) is 6.92 Å². The van der Waals surface area contributed by atoms with Gasteiger partial charge in [-0.3, -0.25) is 4.31 Å². The molecule has 0 amide bonds. The molecule has 0 atom stereocenters. The monoisotopic (exact) mass is 368 g/mol. The Hall–Kier alpha value is -0.830. The van der Waals surface area contributed by atoms with Crippen LogP contribution in [-0.4, -0.2) is 41.9 Å². The first-order chi connectivity index (χ1) is 10.2. The smallest absolute Gasteiger partial charge is 0.232 e. The number of unbranched alkanes of at least 4 members (excludes halogenated alkanes) is 1. The molecule has 1 aromatic rings. The lowest BCUT2D eigenvalue weighted by Crippen LogP contribution is -2.38. The predicted molar refractivity (Wildman–Crippen MR) is 90.3 cm³/mol. The van der Waals surface area contributed by atoms with Gasteiger partial charge in [0.1, 0.15) is 0 Å². The third kappa shape index (κ3) is 6.12. The average molecular weight is 369 g/mol. The highest BCUT2D eigenvalue weighted by Gasteiger charge is 2.20. The van der Waals surface area contributed by atoms with Crippen molar-refractivity contribution >= 4 is 37.3 Å². The van der Waals surface area contributed by atoms with Gasteiger partial charge in [-0.05, 0) is 18.6 Å². The number of sulfonamides is 2. The Kier molecular flexibility index (Phi) is 7.11. The molecule has 0 saturated heterocycles. The fourth-order valence-corrected chi connectivity index (χ4v) is 4.27. The van der Waals surface area contributed by atoms with Crippen molar-refractivity contribution in [1.29, 1.82) is 0 Å². The molecule has 1 N–H and O–H groups in total. The summed E-state index contributed by atoms with van der Waals surface area (Å²) < 4.78 is 50.7. The largest absolute Gasteiger partial charge is 0.268 e. The van der Waals surface area contributed by atoms with E-state index >= 15 is 0 Å². The predicted octanol–water partition coefficient (Wildman–Crippen LogP) is 1.83. The molecule has 1 rings (SSSR count). The van der Waals surface area contributed by atoms with Crippen LogP contribution in [0.4, 0.5) is 5.69 Å². The summed E-state index contributed by atoms with van der Waals surface area (Å²) in [5, 5.41) is 0.293. The molecule has 0 aliphatic heterocycles. The van der Waals surface area contributed by atoms with Crippen molar-refractivity contribution < 1.29 is 16.8 Å². The van der Waals surface area contributed by atoms with E-state index in [9.17, 15) is 16.8 Å². The first-order valence-electron chi connectivity index (χ1n) is 6.87.